The second kappa shape index (κ2) is 6.58. The molecule has 0 radical (unpaired) electrons. The van der Waals surface area contributed by atoms with E-state index in [2.05, 4.69) is 6.58 Å². The Kier molecular flexibility index (Phi) is 4.35. The van der Waals surface area contributed by atoms with Crippen LogP contribution in [0.15, 0.2) is 67.2 Å². The molecular formula is C19H19NO2. The van der Waals surface area contributed by atoms with Crippen LogP contribution in [0.2, 0.25) is 0 Å². The molecule has 3 nitrogen and oxygen atoms in total. The molecule has 22 heavy (non-hydrogen) atoms. The number of hydrogen-bond acceptors (Lipinski definition) is 2. The summed E-state index contributed by atoms with van der Waals surface area (Å²) in [5, 5.41) is 0. The highest BCUT2D eigenvalue weighted by Crippen LogP contribution is 2.26. The fourth-order valence-electron chi connectivity index (χ4n) is 2.72. The molecule has 3 heteroatoms. The van der Waals surface area contributed by atoms with Gasteiger partial charge in [-0.15, -0.1) is 0 Å². The van der Waals surface area contributed by atoms with Gasteiger partial charge in [-0.25, -0.2) is 0 Å². The average Bonchev–Trinajstić information content (AvgIpc) is 3.10. The minimum Gasteiger partial charge on any atom is -0.379 e. The molecule has 0 aromatic heterocycles. The topological polar surface area (TPSA) is 29.5 Å². The Balaban J connectivity index is 1.92. The quantitative estimate of drug-likeness (QED) is 0.807. The molecule has 1 aliphatic rings. The van der Waals surface area contributed by atoms with Crippen molar-refractivity contribution in [2.24, 2.45) is 0 Å². The first-order valence-electron chi connectivity index (χ1n) is 7.48. The molecule has 1 saturated heterocycles. The van der Waals surface area contributed by atoms with Crippen molar-refractivity contribution < 1.29 is 9.53 Å². The summed E-state index contributed by atoms with van der Waals surface area (Å²) in [4.78, 5) is 14.8. The van der Waals surface area contributed by atoms with E-state index in [0.29, 0.717) is 18.8 Å². The molecule has 1 heterocycles. The number of anilines is 1. The van der Waals surface area contributed by atoms with Gasteiger partial charge in [0.2, 0.25) is 0 Å². The molecule has 0 N–H and O–H groups in total. The van der Waals surface area contributed by atoms with Crippen LogP contribution in [-0.4, -0.2) is 25.2 Å². The van der Waals surface area contributed by atoms with Crippen LogP contribution >= 0.6 is 0 Å². The predicted octanol–water partition coefficient (Wildman–Crippen LogP) is 3.52. The smallest absolute Gasteiger partial charge is 0.258 e. The van der Waals surface area contributed by atoms with E-state index in [4.69, 9.17) is 4.74 Å². The first-order valence-corrected chi connectivity index (χ1v) is 7.48. The van der Waals surface area contributed by atoms with E-state index >= 15 is 0 Å². The average molecular weight is 293 g/mol. The van der Waals surface area contributed by atoms with Gasteiger partial charge in [-0.05, 0) is 24.1 Å². The normalized spacial score (nSPS) is 17.2. The Labute approximate surface area is 130 Å². The summed E-state index contributed by atoms with van der Waals surface area (Å²) in [6.07, 6.45) is 0.850. The van der Waals surface area contributed by atoms with Crippen molar-refractivity contribution in [1.82, 2.24) is 0 Å². The molecule has 2 aromatic rings. The third kappa shape index (κ3) is 2.95. The number of amides is 1. The van der Waals surface area contributed by atoms with Crippen molar-refractivity contribution in [1.29, 1.82) is 0 Å². The van der Waals surface area contributed by atoms with Gasteiger partial charge in [0.05, 0.1) is 12.6 Å². The fourth-order valence-corrected chi connectivity index (χ4v) is 2.72. The molecule has 1 amide bonds. The van der Waals surface area contributed by atoms with Crippen LogP contribution in [-0.2, 0) is 9.53 Å². The molecule has 1 aliphatic heterocycles. The summed E-state index contributed by atoms with van der Waals surface area (Å²) >= 11 is 0. The second-order valence-corrected chi connectivity index (χ2v) is 5.37. The van der Waals surface area contributed by atoms with E-state index < -0.39 is 0 Å². The lowest BCUT2D eigenvalue weighted by Crippen LogP contribution is -2.41. The predicted molar refractivity (Wildman–Crippen MR) is 88.6 cm³/mol. The number of benzene rings is 2. The van der Waals surface area contributed by atoms with Gasteiger partial charge < -0.3 is 9.64 Å². The van der Waals surface area contributed by atoms with Crippen LogP contribution < -0.4 is 4.90 Å². The number of hydrogen-bond donors (Lipinski definition) is 0. The van der Waals surface area contributed by atoms with Crippen LogP contribution in [0.1, 0.15) is 12.0 Å². The van der Waals surface area contributed by atoms with Crippen molar-refractivity contribution in [3.8, 4) is 0 Å². The second-order valence-electron chi connectivity index (χ2n) is 5.37. The van der Waals surface area contributed by atoms with Crippen molar-refractivity contribution in [2.75, 3.05) is 18.1 Å². The summed E-state index contributed by atoms with van der Waals surface area (Å²) < 4.78 is 5.47. The van der Waals surface area contributed by atoms with Gasteiger partial charge >= 0.3 is 0 Å². The molecule has 3 rings (SSSR count). The van der Waals surface area contributed by atoms with Gasteiger partial charge in [0.1, 0.15) is 0 Å². The minimum absolute atomic E-state index is 0.0621. The van der Waals surface area contributed by atoms with Crippen LogP contribution in [0, 0.1) is 0 Å². The van der Waals surface area contributed by atoms with Gasteiger partial charge in [-0.3, -0.25) is 4.79 Å². The lowest BCUT2D eigenvalue weighted by molar-refractivity contribution is -0.113. The molecule has 1 atom stereocenters. The van der Waals surface area contributed by atoms with E-state index in [1.165, 1.54) is 0 Å². The number of nitrogens with zero attached hydrogens (tertiary/aromatic N) is 1. The molecule has 0 saturated carbocycles. The van der Waals surface area contributed by atoms with Crippen LogP contribution in [0.4, 0.5) is 5.69 Å². The highest BCUT2D eigenvalue weighted by atomic mass is 16.5. The molecule has 1 unspecified atom stereocenters. The fraction of sp³-hybridized carbons (Fsp3) is 0.211. The van der Waals surface area contributed by atoms with Gasteiger partial charge in [-0.1, -0.05) is 55.1 Å². The lowest BCUT2D eigenvalue weighted by atomic mass is 10.0. The molecule has 112 valence electrons. The van der Waals surface area contributed by atoms with Gasteiger partial charge in [0.25, 0.3) is 5.91 Å². The van der Waals surface area contributed by atoms with E-state index in [1.54, 1.807) is 0 Å². The number of carbonyl (C=O) groups is 1. The summed E-state index contributed by atoms with van der Waals surface area (Å²) in [5.41, 5.74) is 2.25. The maximum absolute atomic E-state index is 13.0. The number of rotatable bonds is 4. The zero-order valence-electron chi connectivity index (χ0n) is 12.4. The van der Waals surface area contributed by atoms with Crippen molar-refractivity contribution in [3.05, 3.63) is 72.8 Å². The Bertz CT molecular complexity index is 646. The maximum atomic E-state index is 13.0. The summed E-state index contributed by atoms with van der Waals surface area (Å²) in [5.74, 6) is -0.0621. The maximum Gasteiger partial charge on any atom is 0.258 e. The van der Waals surface area contributed by atoms with Crippen LogP contribution in [0.3, 0.4) is 0 Å². The van der Waals surface area contributed by atoms with E-state index in [-0.39, 0.29) is 11.9 Å². The number of carbonyl (C=O) groups excluding carboxylic acids is 1. The van der Waals surface area contributed by atoms with Crippen LogP contribution in [0.5, 0.6) is 0 Å². The molecule has 0 aliphatic carbocycles. The Morgan fingerprint density at radius 2 is 1.68 bits per heavy atom. The summed E-state index contributed by atoms with van der Waals surface area (Å²) in [7, 11) is 0. The van der Waals surface area contributed by atoms with Crippen molar-refractivity contribution in [3.63, 3.8) is 0 Å². The third-order valence-corrected chi connectivity index (χ3v) is 3.90. The molecule has 1 fully saturated rings. The third-order valence-electron chi connectivity index (χ3n) is 3.90. The highest BCUT2D eigenvalue weighted by Gasteiger charge is 2.30. The monoisotopic (exact) mass is 293 g/mol. The van der Waals surface area contributed by atoms with Gasteiger partial charge in [-0.2, -0.15) is 0 Å². The van der Waals surface area contributed by atoms with E-state index in [9.17, 15) is 4.79 Å². The number of para-hydroxylation sites is 1. The zero-order chi connectivity index (χ0) is 15.4. The Hall–Kier alpha value is -2.39. The van der Waals surface area contributed by atoms with E-state index in [0.717, 1.165) is 17.7 Å². The standard InChI is InChI=1S/C19H19NO2/c1-15(16-8-4-2-5-9-16)19(21)20(18-12-13-22-14-18)17-10-6-3-7-11-17/h2-11,18H,1,12-14H2. The first-order chi connectivity index (χ1) is 10.8. The first kappa shape index (κ1) is 14.5. The zero-order valence-corrected chi connectivity index (χ0v) is 12.4. The van der Waals surface area contributed by atoms with Gasteiger partial charge in [0, 0.05) is 17.9 Å². The van der Waals surface area contributed by atoms with E-state index in [1.807, 2.05) is 65.6 Å². The van der Waals surface area contributed by atoms with Crippen LogP contribution in [0.25, 0.3) is 5.57 Å². The lowest BCUT2D eigenvalue weighted by Gasteiger charge is -2.29. The van der Waals surface area contributed by atoms with Gasteiger partial charge in [0.15, 0.2) is 0 Å². The highest BCUT2D eigenvalue weighted by molar-refractivity contribution is 6.25. The molecule has 0 bridgehead atoms. The SMILES string of the molecule is C=C(C(=O)N(c1ccccc1)C1CCOC1)c1ccccc1. The number of ether oxygens (including phenoxy) is 1. The molecular weight excluding hydrogens is 274 g/mol. The van der Waals surface area contributed by atoms with Crippen molar-refractivity contribution in [2.45, 2.75) is 12.5 Å². The minimum atomic E-state index is -0.0621. The van der Waals surface area contributed by atoms with Crippen molar-refractivity contribution >= 4 is 17.2 Å². The summed E-state index contributed by atoms with van der Waals surface area (Å²) in [6.45, 7) is 5.28. The Morgan fingerprint density at radius 1 is 1.05 bits per heavy atom. The summed E-state index contributed by atoms with van der Waals surface area (Å²) in [6, 6.07) is 19.4. The molecule has 0 spiro atoms. The molecule has 2 aromatic carbocycles. The largest absolute Gasteiger partial charge is 0.379 e. The Morgan fingerprint density at radius 3 is 2.27 bits per heavy atom.